The number of anilines is 1. The van der Waals surface area contributed by atoms with Gasteiger partial charge in [-0.3, -0.25) is 0 Å². The number of nitrogens with one attached hydrogen (secondary N) is 1. The van der Waals surface area contributed by atoms with E-state index < -0.39 is 0 Å². The molecule has 0 spiro atoms. The normalized spacial score (nSPS) is 17.0. The summed E-state index contributed by atoms with van der Waals surface area (Å²) in [5.74, 6) is 0. The Morgan fingerprint density at radius 1 is 1.27 bits per heavy atom. The van der Waals surface area contributed by atoms with Gasteiger partial charge >= 0.3 is 0 Å². The Kier molecular flexibility index (Phi) is 3.21. The van der Waals surface area contributed by atoms with Gasteiger partial charge in [-0.25, -0.2) is 0 Å². The van der Waals surface area contributed by atoms with Crippen molar-refractivity contribution in [2.24, 2.45) is 0 Å². The third-order valence-electron chi connectivity index (χ3n) is 2.63. The lowest BCUT2D eigenvalue weighted by Crippen LogP contribution is -2.28. The van der Waals surface area contributed by atoms with E-state index in [1.165, 1.54) is 0 Å². The summed E-state index contributed by atoms with van der Waals surface area (Å²) in [7, 11) is 0. The molecule has 1 aromatic rings. The Morgan fingerprint density at radius 2 is 2.00 bits per heavy atom. The summed E-state index contributed by atoms with van der Waals surface area (Å²) in [6.07, 6.45) is 2.03. The van der Waals surface area contributed by atoms with E-state index in [1.54, 1.807) is 0 Å². The fraction of sp³-hybridized carbons (Fsp3) is 0.417. The van der Waals surface area contributed by atoms with E-state index in [0.29, 0.717) is 11.6 Å². The van der Waals surface area contributed by atoms with Crippen LogP contribution in [0.4, 0.5) is 5.69 Å². The molecule has 0 unspecified atom stereocenters. The zero-order chi connectivity index (χ0) is 10.5. The molecule has 3 nitrogen and oxygen atoms in total. The summed E-state index contributed by atoms with van der Waals surface area (Å²) < 4.78 is 5.29. The van der Waals surface area contributed by atoms with Gasteiger partial charge in [0, 0.05) is 19.3 Å². The highest BCUT2D eigenvalue weighted by molar-refractivity contribution is 5.57. The topological polar surface area (TPSA) is 45.0 Å². The molecular weight excluding hydrogens is 188 g/mol. The van der Waals surface area contributed by atoms with Crippen molar-refractivity contribution in [3.63, 3.8) is 0 Å². The molecule has 0 saturated carbocycles. The van der Waals surface area contributed by atoms with Crippen LogP contribution in [0, 0.1) is 11.3 Å². The molecular formula is C12H14N2O. The van der Waals surface area contributed by atoms with E-state index in [0.717, 1.165) is 31.7 Å². The van der Waals surface area contributed by atoms with Crippen molar-refractivity contribution in [2.45, 2.75) is 18.9 Å². The number of nitriles is 1. The average molecular weight is 202 g/mol. The number of nitrogens with zero attached hydrogens (tertiary/aromatic N) is 1. The van der Waals surface area contributed by atoms with Crippen molar-refractivity contribution < 1.29 is 4.74 Å². The van der Waals surface area contributed by atoms with Gasteiger partial charge in [0.25, 0.3) is 0 Å². The van der Waals surface area contributed by atoms with Crippen molar-refractivity contribution in [2.75, 3.05) is 18.5 Å². The van der Waals surface area contributed by atoms with E-state index in [-0.39, 0.29) is 0 Å². The number of benzene rings is 1. The predicted molar refractivity (Wildman–Crippen MR) is 58.6 cm³/mol. The van der Waals surface area contributed by atoms with E-state index >= 15 is 0 Å². The molecule has 0 aliphatic carbocycles. The molecule has 0 amide bonds. The Labute approximate surface area is 89.7 Å². The van der Waals surface area contributed by atoms with Gasteiger partial charge in [0.1, 0.15) is 6.07 Å². The summed E-state index contributed by atoms with van der Waals surface area (Å²) >= 11 is 0. The monoisotopic (exact) mass is 202 g/mol. The molecule has 1 heterocycles. The van der Waals surface area contributed by atoms with Crippen LogP contribution in [0.5, 0.6) is 0 Å². The van der Waals surface area contributed by atoms with Gasteiger partial charge in [0.2, 0.25) is 0 Å². The van der Waals surface area contributed by atoms with Crippen molar-refractivity contribution in [3.8, 4) is 6.07 Å². The molecule has 2 rings (SSSR count). The van der Waals surface area contributed by atoms with Crippen LogP contribution in [0.3, 0.4) is 0 Å². The van der Waals surface area contributed by atoms with Crippen molar-refractivity contribution in [3.05, 3.63) is 29.8 Å². The van der Waals surface area contributed by atoms with E-state index in [1.807, 2.05) is 24.3 Å². The maximum absolute atomic E-state index is 8.93. The molecule has 0 aromatic heterocycles. The molecule has 1 aliphatic heterocycles. The van der Waals surface area contributed by atoms with Crippen LogP contribution < -0.4 is 5.32 Å². The minimum Gasteiger partial charge on any atom is -0.381 e. The molecule has 3 heteroatoms. The van der Waals surface area contributed by atoms with Gasteiger partial charge in [-0.1, -0.05) is 12.1 Å². The van der Waals surface area contributed by atoms with Gasteiger partial charge in [0.15, 0.2) is 0 Å². The number of rotatable bonds is 2. The third-order valence-corrected chi connectivity index (χ3v) is 2.63. The van der Waals surface area contributed by atoms with Gasteiger partial charge in [-0.15, -0.1) is 0 Å². The largest absolute Gasteiger partial charge is 0.381 e. The van der Waals surface area contributed by atoms with Crippen LogP contribution >= 0.6 is 0 Å². The third kappa shape index (κ3) is 2.48. The Morgan fingerprint density at radius 3 is 2.73 bits per heavy atom. The highest BCUT2D eigenvalue weighted by Gasteiger charge is 2.14. The lowest BCUT2D eigenvalue weighted by molar-refractivity contribution is 0.0904. The Bertz CT molecular complexity index is 364. The molecule has 15 heavy (non-hydrogen) atoms. The van der Waals surface area contributed by atoms with E-state index in [4.69, 9.17) is 10.00 Å². The summed E-state index contributed by atoms with van der Waals surface area (Å²) in [5.41, 5.74) is 1.65. The summed E-state index contributed by atoms with van der Waals surface area (Å²) in [6, 6.07) is 10.2. The average Bonchev–Trinajstić information content (AvgIpc) is 2.31. The number of hydrogen-bond donors (Lipinski definition) is 1. The van der Waals surface area contributed by atoms with E-state index in [2.05, 4.69) is 11.4 Å². The van der Waals surface area contributed by atoms with Gasteiger partial charge in [-0.05, 0) is 25.0 Å². The van der Waals surface area contributed by atoms with Crippen LogP contribution in [-0.2, 0) is 4.74 Å². The van der Waals surface area contributed by atoms with Gasteiger partial charge < -0.3 is 10.1 Å². The minimum atomic E-state index is 0.438. The molecule has 78 valence electrons. The summed E-state index contributed by atoms with van der Waals surface area (Å²) in [5, 5.41) is 12.3. The molecule has 0 bridgehead atoms. The van der Waals surface area contributed by atoms with Crippen LogP contribution in [-0.4, -0.2) is 19.3 Å². The number of hydrogen-bond acceptors (Lipinski definition) is 3. The molecule has 0 radical (unpaired) electrons. The smallest absolute Gasteiger partial charge is 0.101 e. The maximum atomic E-state index is 8.93. The Balaban J connectivity index is 2.06. The van der Waals surface area contributed by atoms with Crippen LogP contribution in [0.25, 0.3) is 0 Å². The number of para-hydroxylation sites is 1. The molecule has 0 atom stereocenters. The SMILES string of the molecule is N#Cc1ccccc1NC1CCOCC1. The van der Waals surface area contributed by atoms with Crippen LogP contribution in [0.1, 0.15) is 18.4 Å². The fourth-order valence-corrected chi connectivity index (χ4v) is 1.77. The lowest BCUT2D eigenvalue weighted by Gasteiger charge is -2.24. The lowest BCUT2D eigenvalue weighted by atomic mass is 10.1. The maximum Gasteiger partial charge on any atom is 0.101 e. The van der Waals surface area contributed by atoms with Crippen molar-refractivity contribution in [1.29, 1.82) is 5.26 Å². The standard InChI is InChI=1S/C12H14N2O/c13-9-10-3-1-2-4-12(10)14-11-5-7-15-8-6-11/h1-4,11,14H,5-8H2. The van der Waals surface area contributed by atoms with Crippen molar-refractivity contribution >= 4 is 5.69 Å². The molecule has 1 N–H and O–H groups in total. The Hall–Kier alpha value is -1.53. The van der Waals surface area contributed by atoms with E-state index in [9.17, 15) is 0 Å². The number of ether oxygens (including phenoxy) is 1. The minimum absolute atomic E-state index is 0.438. The zero-order valence-corrected chi connectivity index (χ0v) is 8.57. The second-order valence-electron chi connectivity index (χ2n) is 3.69. The zero-order valence-electron chi connectivity index (χ0n) is 8.57. The van der Waals surface area contributed by atoms with Crippen LogP contribution in [0.2, 0.25) is 0 Å². The second kappa shape index (κ2) is 4.81. The first-order chi connectivity index (χ1) is 7.40. The highest BCUT2D eigenvalue weighted by atomic mass is 16.5. The second-order valence-corrected chi connectivity index (χ2v) is 3.69. The van der Waals surface area contributed by atoms with Gasteiger partial charge in [-0.2, -0.15) is 5.26 Å². The summed E-state index contributed by atoms with van der Waals surface area (Å²) in [6.45, 7) is 1.62. The van der Waals surface area contributed by atoms with Crippen molar-refractivity contribution in [1.82, 2.24) is 0 Å². The first kappa shape index (κ1) is 10.0. The summed E-state index contributed by atoms with van der Waals surface area (Å²) in [4.78, 5) is 0. The first-order valence-corrected chi connectivity index (χ1v) is 5.23. The predicted octanol–water partition coefficient (Wildman–Crippen LogP) is 2.15. The van der Waals surface area contributed by atoms with Gasteiger partial charge in [0.05, 0.1) is 11.3 Å². The highest BCUT2D eigenvalue weighted by Crippen LogP contribution is 2.18. The molecule has 1 aromatic carbocycles. The first-order valence-electron chi connectivity index (χ1n) is 5.23. The molecule has 1 aliphatic rings. The van der Waals surface area contributed by atoms with Crippen LogP contribution in [0.15, 0.2) is 24.3 Å². The quantitative estimate of drug-likeness (QED) is 0.799. The molecule has 1 saturated heterocycles. The fourth-order valence-electron chi connectivity index (χ4n) is 1.77. The molecule has 1 fully saturated rings.